The molecule has 0 aliphatic heterocycles. The molecule has 2 aromatic rings. The Bertz CT molecular complexity index is 657. The first-order valence-corrected chi connectivity index (χ1v) is 8.30. The fraction of sp³-hybridized carbons (Fsp3) is 0.278. The van der Waals surface area contributed by atoms with Gasteiger partial charge in [-0.15, -0.1) is 0 Å². The predicted octanol–water partition coefficient (Wildman–Crippen LogP) is 5.35. The lowest BCUT2D eigenvalue weighted by molar-refractivity contribution is -0.116. The van der Waals surface area contributed by atoms with E-state index in [1.54, 1.807) is 18.2 Å². The summed E-state index contributed by atoms with van der Waals surface area (Å²) in [5, 5.41) is 3.91. The summed E-state index contributed by atoms with van der Waals surface area (Å²) in [6.45, 7) is 2.52. The van der Waals surface area contributed by atoms with Crippen LogP contribution < -0.4 is 10.1 Å². The van der Waals surface area contributed by atoms with Crippen LogP contribution in [0.25, 0.3) is 0 Å². The Morgan fingerprint density at radius 3 is 2.52 bits per heavy atom. The minimum atomic E-state index is -0.0277. The number of anilines is 1. The van der Waals surface area contributed by atoms with Crippen LogP contribution in [0.1, 0.15) is 25.3 Å². The Morgan fingerprint density at radius 2 is 1.87 bits per heavy atom. The predicted molar refractivity (Wildman–Crippen MR) is 95.6 cm³/mol. The maximum Gasteiger partial charge on any atom is 0.224 e. The van der Waals surface area contributed by atoms with Crippen LogP contribution in [0.4, 0.5) is 5.69 Å². The van der Waals surface area contributed by atoms with Crippen LogP contribution in [0.3, 0.4) is 0 Å². The normalized spacial score (nSPS) is 10.4. The monoisotopic (exact) mass is 351 g/mol. The second-order valence-corrected chi connectivity index (χ2v) is 5.97. The van der Waals surface area contributed by atoms with Gasteiger partial charge in [0.2, 0.25) is 5.91 Å². The summed E-state index contributed by atoms with van der Waals surface area (Å²) in [6.07, 6.45) is 1.98. The third kappa shape index (κ3) is 5.77. The number of hydrogen-bond donors (Lipinski definition) is 1. The molecule has 0 radical (unpaired) electrons. The molecule has 0 aromatic heterocycles. The molecular formula is C18H19Cl2NO2. The van der Waals surface area contributed by atoms with Gasteiger partial charge in [0.25, 0.3) is 0 Å². The van der Waals surface area contributed by atoms with Crippen LogP contribution in [-0.2, 0) is 11.2 Å². The number of nitrogens with one attached hydrogen (secondary N) is 1. The van der Waals surface area contributed by atoms with Gasteiger partial charge in [-0.05, 0) is 48.7 Å². The molecule has 0 saturated heterocycles. The SMILES string of the molecule is CCc1ccc(NC(=O)CCCOc2ccc(Cl)cc2Cl)cc1. The number of rotatable bonds is 7. The summed E-state index contributed by atoms with van der Waals surface area (Å²) in [7, 11) is 0. The third-order valence-electron chi connectivity index (χ3n) is 3.35. The van der Waals surface area contributed by atoms with Gasteiger partial charge in [-0.2, -0.15) is 0 Å². The summed E-state index contributed by atoms with van der Waals surface area (Å²) in [5.74, 6) is 0.548. The number of benzene rings is 2. The molecule has 3 nitrogen and oxygen atoms in total. The molecule has 0 atom stereocenters. The third-order valence-corrected chi connectivity index (χ3v) is 3.88. The molecule has 0 aliphatic carbocycles. The Labute approximate surface area is 146 Å². The van der Waals surface area contributed by atoms with Gasteiger partial charge in [-0.1, -0.05) is 42.3 Å². The summed E-state index contributed by atoms with van der Waals surface area (Å²) in [4.78, 5) is 11.9. The average Bonchev–Trinajstić information content (AvgIpc) is 2.54. The maximum absolute atomic E-state index is 11.9. The van der Waals surface area contributed by atoms with Crippen molar-refractivity contribution < 1.29 is 9.53 Å². The summed E-state index contributed by atoms with van der Waals surface area (Å²) < 4.78 is 5.55. The zero-order chi connectivity index (χ0) is 16.7. The quantitative estimate of drug-likeness (QED) is 0.682. The average molecular weight is 352 g/mol. The van der Waals surface area contributed by atoms with Gasteiger partial charge in [0.15, 0.2) is 0 Å². The molecule has 23 heavy (non-hydrogen) atoms. The van der Waals surface area contributed by atoms with Crippen molar-refractivity contribution in [1.82, 2.24) is 0 Å². The molecule has 122 valence electrons. The van der Waals surface area contributed by atoms with Crippen molar-refractivity contribution in [1.29, 1.82) is 0 Å². The molecule has 2 aromatic carbocycles. The fourth-order valence-electron chi connectivity index (χ4n) is 2.05. The Morgan fingerprint density at radius 1 is 1.13 bits per heavy atom. The van der Waals surface area contributed by atoms with Crippen molar-refractivity contribution in [3.8, 4) is 5.75 Å². The zero-order valence-corrected chi connectivity index (χ0v) is 14.5. The van der Waals surface area contributed by atoms with Gasteiger partial charge in [0, 0.05) is 17.1 Å². The second-order valence-electron chi connectivity index (χ2n) is 5.13. The van der Waals surface area contributed by atoms with E-state index in [0.717, 1.165) is 12.1 Å². The molecule has 1 N–H and O–H groups in total. The highest BCUT2D eigenvalue weighted by Gasteiger charge is 2.05. The largest absolute Gasteiger partial charge is 0.492 e. The van der Waals surface area contributed by atoms with E-state index in [0.29, 0.717) is 35.2 Å². The molecule has 0 unspecified atom stereocenters. The highest BCUT2D eigenvalue weighted by atomic mass is 35.5. The highest BCUT2D eigenvalue weighted by Crippen LogP contribution is 2.27. The van der Waals surface area contributed by atoms with Crippen LogP contribution >= 0.6 is 23.2 Å². The van der Waals surface area contributed by atoms with E-state index in [9.17, 15) is 4.79 Å². The minimum Gasteiger partial charge on any atom is -0.492 e. The minimum absolute atomic E-state index is 0.0277. The molecule has 0 bridgehead atoms. The van der Waals surface area contributed by atoms with Gasteiger partial charge < -0.3 is 10.1 Å². The number of aryl methyl sites for hydroxylation is 1. The van der Waals surface area contributed by atoms with E-state index >= 15 is 0 Å². The summed E-state index contributed by atoms with van der Waals surface area (Å²) >= 11 is 11.8. The van der Waals surface area contributed by atoms with Gasteiger partial charge in [-0.3, -0.25) is 4.79 Å². The fourth-order valence-corrected chi connectivity index (χ4v) is 2.52. The van der Waals surface area contributed by atoms with E-state index in [1.807, 2.05) is 24.3 Å². The molecule has 2 rings (SSSR count). The zero-order valence-electron chi connectivity index (χ0n) is 12.9. The number of ether oxygens (including phenoxy) is 1. The van der Waals surface area contributed by atoms with Crippen molar-refractivity contribution in [2.75, 3.05) is 11.9 Å². The van der Waals surface area contributed by atoms with E-state index < -0.39 is 0 Å². The number of amides is 1. The van der Waals surface area contributed by atoms with E-state index in [2.05, 4.69) is 12.2 Å². The summed E-state index contributed by atoms with van der Waals surface area (Å²) in [6, 6.07) is 12.9. The Hall–Kier alpha value is -1.71. The smallest absolute Gasteiger partial charge is 0.224 e. The van der Waals surface area contributed by atoms with E-state index in [4.69, 9.17) is 27.9 Å². The molecule has 0 heterocycles. The lowest BCUT2D eigenvalue weighted by atomic mass is 10.1. The number of carbonyl (C=O) groups excluding carboxylic acids is 1. The Kier molecular flexibility index (Phi) is 6.75. The number of carbonyl (C=O) groups is 1. The van der Waals surface area contributed by atoms with Gasteiger partial charge in [-0.25, -0.2) is 0 Å². The molecule has 0 aliphatic rings. The van der Waals surface area contributed by atoms with Crippen LogP contribution in [-0.4, -0.2) is 12.5 Å². The lowest BCUT2D eigenvalue weighted by Gasteiger charge is -2.09. The second kappa shape index (κ2) is 8.80. The lowest BCUT2D eigenvalue weighted by Crippen LogP contribution is -2.12. The van der Waals surface area contributed by atoms with Crippen LogP contribution in [0, 0.1) is 0 Å². The first-order valence-electron chi connectivity index (χ1n) is 7.55. The van der Waals surface area contributed by atoms with Gasteiger partial charge in [0.05, 0.1) is 11.6 Å². The first-order chi connectivity index (χ1) is 11.1. The van der Waals surface area contributed by atoms with Gasteiger partial charge in [0.1, 0.15) is 5.75 Å². The highest BCUT2D eigenvalue weighted by molar-refractivity contribution is 6.35. The molecule has 1 amide bonds. The van der Waals surface area contributed by atoms with Crippen LogP contribution in [0.5, 0.6) is 5.75 Å². The number of hydrogen-bond acceptors (Lipinski definition) is 2. The first kappa shape index (κ1) is 17.6. The molecule has 0 saturated carbocycles. The topological polar surface area (TPSA) is 38.3 Å². The number of halogens is 2. The molecule has 0 fully saturated rings. The van der Waals surface area contributed by atoms with E-state index in [1.165, 1.54) is 5.56 Å². The van der Waals surface area contributed by atoms with Crippen molar-refractivity contribution in [3.63, 3.8) is 0 Å². The van der Waals surface area contributed by atoms with Crippen molar-refractivity contribution in [2.24, 2.45) is 0 Å². The Balaban J connectivity index is 1.72. The van der Waals surface area contributed by atoms with Gasteiger partial charge >= 0.3 is 0 Å². The van der Waals surface area contributed by atoms with Crippen LogP contribution in [0.15, 0.2) is 42.5 Å². The van der Waals surface area contributed by atoms with Crippen LogP contribution in [0.2, 0.25) is 10.0 Å². The van der Waals surface area contributed by atoms with Crippen molar-refractivity contribution in [2.45, 2.75) is 26.2 Å². The van der Waals surface area contributed by atoms with Crippen molar-refractivity contribution in [3.05, 3.63) is 58.1 Å². The standard InChI is InChI=1S/C18H19Cl2NO2/c1-2-13-5-8-15(9-6-13)21-18(22)4-3-11-23-17-10-7-14(19)12-16(17)20/h5-10,12H,2-4,11H2,1H3,(H,21,22). The maximum atomic E-state index is 11.9. The summed E-state index contributed by atoms with van der Waals surface area (Å²) in [5.41, 5.74) is 2.06. The van der Waals surface area contributed by atoms with Crippen molar-refractivity contribution >= 4 is 34.8 Å². The molecule has 5 heteroatoms. The van der Waals surface area contributed by atoms with E-state index in [-0.39, 0.29) is 5.91 Å². The molecule has 0 spiro atoms. The molecular weight excluding hydrogens is 333 g/mol.